The molecule has 1 N–H and O–H groups in total. The molecular weight excluding hydrogens is 326 g/mol. The molecule has 19 heavy (non-hydrogen) atoms. The number of halogens is 1. The van der Waals surface area contributed by atoms with E-state index in [1.807, 2.05) is 12.1 Å². The first kappa shape index (κ1) is 15.0. The lowest BCUT2D eigenvalue weighted by atomic mass is 9.72. The van der Waals surface area contributed by atoms with Gasteiger partial charge in [0.1, 0.15) is 9.84 Å². The van der Waals surface area contributed by atoms with Crippen LogP contribution in [0.1, 0.15) is 25.3 Å². The Morgan fingerprint density at radius 1 is 1.32 bits per heavy atom. The Labute approximate surface area is 123 Å². The van der Waals surface area contributed by atoms with E-state index in [1.54, 1.807) is 6.92 Å². The maximum atomic E-state index is 11.6. The van der Waals surface area contributed by atoms with Gasteiger partial charge >= 0.3 is 0 Å². The van der Waals surface area contributed by atoms with Crippen LogP contribution in [0.5, 0.6) is 0 Å². The molecule has 1 fully saturated rings. The first-order valence-electron chi connectivity index (χ1n) is 6.65. The van der Waals surface area contributed by atoms with Gasteiger partial charge in [0.05, 0.1) is 5.75 Å². The van der Waals surface area contributed by atoms with E-state index in [0.29, 0.717) is 5.75 Å². The molecule has 1 heterocycles. The van der Waals surface area contributed by atoms with Crippen molar-refractivity contribution in [1.29, 1.82) is 0 Å². The van der Waals surface area contributed by atoms with Gasteiger partial charge in [-0.1, -0.05) is 41.1 Å². The van der Waals surface area contributed by atoms with Crippen LogP contribution in [0.25, 0.3) is 0 Å². The van der Waals surface area contributed by atoms with Gasteiger partial charge in [-0.3, -0.25) is 0 Å². The van der Waals surface area contributed by atoms with Crippen LogP contribution >= 0.6 is 15.9 Å². The van der Waals surface area contributed by atoms with Crippen molar-refractivity contribution >= 4 is 25.8 Å². The van der Waals surface area contributed by atoms with Crippen molar-refractivity contribution in [3.8, 4) is 0 Å². The van der Waals surface area contributed by atoms with Gasteiger partial charge in [-0.15, -0.1) is 0 Å². The molecule has 0 saturated carbocycles. The summed E-state index contributed by atoms with van der Waals surface area (Å²) in [5.41, 5.74) is 1.39. The molecule has 2 rings (SSSR count). The Balaban J connectivity index is 2.06. The Morgan fingerprint density at radius 3 is 2.53 bits per heavy atom. The number of rotatable bonds is 6. The summed E-state index contributed by atoms with van der Waals surface area (Å²) in [6, 6.07) is 8.25. The lowest BCUT2D eigenvalue weighted by Crippen LogP contribution is -2.57. The van der Waals surface area contributed by atoms with Gasteiger partial charge in [-0.2, -0.15) is 0 Å². The van der Waals surface area contributed by atoms with Crippen molar-refractivity contribution in [2.75, 3.05) is 24.6 Å². The Hall–Kier alpha value is -0.390. The third kappa shape index (κ3) is 3.38. The fourth-order valence-corrected chi connectivity index (χ4v) is 4.17. The molecule has 106 valence electrons. The van der Waals surface area contributed by atoms with Crippen LogP contribution in [-0.4, -0.2) is 33.0 Å². The van der Waals surface area contributed by atoms with Gasteiger partial charge in [0.15, 0.2) is 0 Å². The van der Waals surface area contributed by atoms with E-state index in [4.69, 9.17) is 0 Å². The van der Waals surface area contributed by atoms with E-state index in [2.05, 4.69) is 33.4 Å². The summed E-state index contributed by atoms with van der Waals surface area (Å²) >= 11 is 3.61. The molecule has 0 spiro atoms. The summed E-state index contributed by atoms with van der Waals surface area (Å²) in [4.78, 5) is 0. The molecule has 1 aliphatic rings. The van der Waals surface area contributed by atoms with Gasteiger partial charge in [-0.25, -0.2) is 8.42 Å². The molecular formula is C14H20BrNO2S. The Bertz CT molecular complexity index is 538. The second-order valence-corrected chi connectivity index (χ2v) is 8.53. The minimum atomic E-state index is -2.85. The molecule has 1 saturated heterocycles. The van der Waals surface area contributed by atoms with Crippen LogP contribution in [0, 0.1) is 0 Å². The molecule has 0 aliphatic carbocycles. The van der Waals surface area contributed by atoms with Crippen LogP contribution < -0.4 is 5.32 Å². The highest BCUT2D eigenvalue weighted by atomic mass is 79.9. The Morgan fingerprint density at radius 2 is 2.00 bits per heavy atom. The lowest BCUT2D eigenvalue weighted by molar-refractivity contribution is 0.255. The van der Waals surface area contributed by atoms with Crippen LogP contribution in [-0.2, 0) is 15.3 Å². The predicted molar refractivity (Wildman–Crippen MR) is 82.3 cm³/mol. The number of benzene rings is 1. The molecule has 3 nitrogen and oxygen atoms in total. The zero-order valence-corrected chi connectivity index (χ0v) is 13.6. The quantitative estimate of drug-likeness (QED) is 0.861. The lowest BCUT2D eigenvalue weighted by Gasteiger charge is -2.44. The second kappa shape index (κ2) is 5.94. The Kier molecular flexibility index (Phi) is 4.69. The average molecular weight is 346 g/mol. The van der Waals surface area contributed by atoms with Crippen molar-refractivity contribution in [1.82, 2.24) is 5.32 Å². The predicted octanol–water partition coefficient (Wildman–Crippen LogP) is 2.51. The highest BCUT2D eigenvalue weighted by molar-refractivity contribution is 9.10. The smallest absolute Gasteiger partial charge is 0.150 e. The summed E-state index contributed by atoms with van der Waals surface area (Å²) in [6.45, 7) is 3.58. The zero-order chi connectivity index (χ0) is 13.9. The first-order valence-corrected chi connectivity index (χ1v) is 9.27. The van der Waals surface area contributed by atoms with Crippen molar-refractivity contribution in [2.45, 2.75) is 25.2 Å². The van der Waals surface area contributed by atoms with E-state index in [9.17, 15) is 8.42 Å². The van der Waals surface area contributed by atoms with Gasteiger partial charge in [-0.05, 0) is 24.5 Å². The molecule has 1 aromatic carbocycles. The summed E-state index contributed by atoms with van der Waals surface area (Å²) in [6.07, 6.45) is 1.65. The number of sulfone groups is 1. The normalized spacial score (nSPS) is 18.0. The summed E-state index contributed by atoms with van der Waals surface area (Å²) < 4.78 is 24.3. The topological polar surface area (TPSA) is 46.2 Å². The maximum absolute atomic E-state index is 11.6. The van der Waals surface area contributed by atoms with E-state index in [-0.39, 0.29) is 11.2 Å². The van der Waals surface area contributed by atoms with E-state index < -0.39 is 9.84 Å². The first-order chi connectivity index (χ1) is 8.99. The maximum Gasteiger partial charge on any atom is 0.150 e. The number of hydrogen-bond donors (Lipinski definition) is 1. The molecule has 5 heteroatoms. The molecule has 0 amide bonds. The van der Waals surface area contributed by atoms with Crippen molar-refractivity contribution < 1.29 is 8.42 Å². The van der Waals surface area contributed by atoms with Gasteiger partial charge < -0.3 is 5.32 Å². The van der Waals surface area contributed by atoms with Gasteiger partial charge in [0.2, 0.25) is 0 Å². The zero-order valence-electron chi connectivity index (χ0n) is 11.2. The van der Waals surface area contributed by atoms with Gasteiger partial charge in [0.25, 0.3) is 0 Å². The number of nitrogens with one attached hydrogen (secondary N) is 1. The second-order valence-electron chi connectivity index (χ2n) is 5.20. The van der Waals surface area contributed by atoms with E-state index in [1.165, 1.54) is 5.56 Å². The van der Waals surface area contributed by atoms with E-state index in [0.717, 1.165) is 30.4 Å². The van der Waals surface area contributed by atoms with Gasteiger partial charge in [0, 0.05) is 28.7 Å². The highest BCUT2D eigenvalue weighted by Crippen LogP contribution is 2.37. The molecule has 0 aromatic heterocycles. The fourth-order valence-electron chi connectivity index (χ4n) is 2.59. The largest absolute Gasteiger partial charge is 0.315 e. The van der Waals surface area contributed by atoms with Crippen LogP contribution in [0.2, 0.25) is 0 Å². The summed E-state index contributed by atoms with van der Waals surface area (Å²) in [5.74, 6) is 0.545. The molecule has 1 aliphatic heterocycles. The molecule has 0 atom stereocenters. The molecule has 1 aromatic rings. The molecule has 0 bridgehead atoms. The van der Waals surface area contributed by atoms with Crippen molar-refractivity contribution in [3.63, 3.8) is 0 Å². The van der Waals surface area contributed by atoms with Crippen LogP contribution in [0.15, 0.2) is 28.7 Å². The molecule has 0 radical (unpaired) electrons. The SMILES string of the molecule is CCS(=O)(=O)CCCC1(c2ccccc2Br)CNC1. The fraction of sp³-hybridized carbons (Fsp3) is 0.571. The van der Waals surface area contributed by atoms with Crippen LogP contribution in [0.3, 0.4) is 0 Å². The van der Waals surface area contributed by atoms with E-state index >= 15 is 0 Å². The minimum Gasteiger partial charge on any atom is -0.315 e. The van der Waals surface area contributed by atoms with Crippen molar-refractivity contribution in [3.05, 3.63) is 34.3 Å². The number of hydrogen-bond acceptors (Lipinski definition) is 3. The molecule has 0 unspecified atom stereocenters. The monoisotopic (exact) mass is 345 g/mol. The van der Waals surface area contributed by atoms with Crippen molar-refractivity contribution in [2.24, 2.45) is 0 Å². The average Bonchev–Trinajstić information content (AvgIpc) is 2.34. The minimum absolute atomic E-state index is 0.101. The highest BCUT2D eigenvalue weighted by Gasteiger charge is 2.39. The standard InChI is InChI=1S/C14H20BrNO2S/c1-2-19(17,18)9-5-8-14(10-16-11-14)12-6-3-4-7-13(12)15/h3-4,6-7,16H,2,5,8-11H2,1H3. The third-order valence-electron chi connectivity index (χ3n) is 3.92. The summed E-state index contributed by atoms with van der Waals surface area (Å²) in [5, 5.41) is 3.32. The third-order valence-corrected chi connectivity index (χ3v) is 6.40. The van der Waals surface area contributed by atoms with Crippen LogP contribution in [0.4, 0.5) is 0 Å². The summed E-state index contributed by atoms with van der Waals surface area (Å²) in [7, 11) is -2.85.